The van der Waals surface area contributed by atoms with E-state index in [4.69, 9.17) is 4.74 Å². The molecule has 0 aliphatic heterocycles. The molecule has 4 aromatic rings. The van der Waals surface area contributed by atoms with Gasteiger partial charge in [0.25, 0.3) is 0 Å². The predicted octanol–water partition coefficient (Wildman–Crippen LogP) is 4.20. The molecule has 0 bridgehead atoms. The van der Waals surface area contributed by atoms with Crippen molar-refractivity contribution in [2.45, 2.75) is 26.2 Å². The molecule has 182 valence electrons. The van der Waals surface area contributed by atoms with Gasteiger partial charge in [-0.1, -0.05) is 6.92 Å². The topological polar surface area (TPSA) is 114 Å². The van der Waals surface area contributed by atoms with Crippen molar-refractivity contribution in [3.8, 4) is 17.0 Å². The van der Waals surface area contributed by atoms with Crippen LogP contribution >= 0.6 is 15.9 Å². The van der Waals surface area contributed by atoms with Crippen LogP contribution in [-0.4, -0.2) is 41.3 Å². The molecule has 10 nitrogen and oxygen atoms in total. The van der Waals surface area contributed by atoms with Crippen LogP contribution in [0, 0.1) is 15.9 Å². The van der Waals surface area contributed by atoms with Crippen LogP contribution in [-0.2, 0) is 33.4 Å². The van der Waals surface area contributed by atoms with Gasteiger partial charge in [0.2, 0.25) is 5.75 Å². The lowest BCUT2D eigenvalue weighted by molar-refractivity contribution is -0.390. The Bertz CT molecular complexity index is 1390. The molecule has 1 aromatic carbocycles. The van der Waals surface area contributed by atoms with Gasteiger partial charge in [0, 0.05) is 44.3 Å². The number of halogens is 2. The Morgan fingerprint density at radius 1 is 1.17 bits per heavy atom. The van der Waals surface area contributed by atoms with Crippen molar-refractivity contribution in [2.75, 3.05) is 6.61 Å². The smallest absolute Gasteiger partial charge is 0.406 e. The second-order valence-electron chi connectivity index (χ2n) is 7.90. The van der Waals surface area contributed by atoms with Gasteiger partial charge >= 0.3 is 5.82 Å². The van der Waals surface area contributed by atoms with Gasteiger partial charge in [0.1, 0.15) is 11.5 Å². The fourth-order valence-electron chi connectivity index (χ4n) is 3.78. The summed E-state index contributed by atoms with van der Waals surface area (Å²) in [5, 5.41) is 24.8. The monoisotopic (exact) mass is 543 g/mol. The molecule has 0 saturated heterocycles. The molecule has 0 unspecified atom stereocenters. The fourth-order valence-corrected chi connectivity index (χ4v) is 4.09. The number of pyridine rings is 1. The van der Waals surface area contributed by atoms with E-state index in [9.17, 15) is 14.5 Å². The number of nitrogens with zero attached hydrogens (tertiary/aromatic N) is 7. The molecule has 3 aromatic heterocycles. The van der Waals surface area contributed by atoms with Crippen molar-refractivity contribution in [3.63, 3.8) is 0 Å². The summed E-state index contributed by atoms with van der Waals surface area (Å²) < 4.78 is 22.2. The quantitative estimate of drug-likeness (QED) is 0.229. The fraction of sp³-hybridized carbons (Fsp3) is 0.304. The van der Waals surface area contributed by atoms with Crippen molar-refractivity contribution in [2.24, 2.45) is 14.1 Å². The number of aromatic nitrogens is 6. The largest absolute Gasteiger partial charge is 0.485 e. The molecule has 0 saturated carbocycles. The van der Waals surface area contributed by atoms with Gasteiger partial charge in [-0.15, -0.1) is 0 Å². The highest BCUT2D eigenvalue weighted by molar-refractivity contribution is 9.10. The molecule has 12 heteroatoms. The predicted molar refractivity (Wildman–Crippen MR) is 130 cm³/mol. The van der Waals surface area contributed by atoms with Crippen molar-refractivity contribution in [3.05, 3.63) is 79.6 Å². The summed E-state index contributed by atoms with van der Waals surface area (Å²) in [5.41, 5.74) is 4.72. The molecule has 0 amide bonds. The second kappa shape index (κ2) is 10.3. The van der Waals surface area contributed by atoms with Gasteiger partial charge in [-0.2, -0.15) is 20.1 Å². The van der Waals surface area contributed by atoms with E-state index in [1.165, 1.54) is 29.2 Å². The maximum Gasteiger partial charge on any atom is 0.406 e. The zero-order valence-corrected chi connectivity index (χ0v) is 21.0. The Morgan fingerprint density at radius 3 is 2.69 bits per heavy atom. The Labute approximate surface area is 209 Å². The van der Waals surface area contributed by atoms with Crippen molar-refractivity contribution < 1.29 is 14.1 Å². The lowest BCUT2D eigenvalue weighted by Crippen LogP contribution is -2.06. The summed E-state index contributed by atoms with van der Waals surface area (Å²) in [7, 11) is 3.63. The third-order valence-corrected chi connectivity index (χ3v) is 5.88. The molecule has 0 fully saturated rings. The lowest BCUT2D eigenvalue weighted by atomic mass is 9.99. The van der Waals surface area contributed by atoms with Gasteiger partial charge < -0.3 is 14.9 Å². The highest BCUT2D eigenvalue weighted by atomic mass is 79.9. The van der Waals surface area contributed by atoms with Gasteiger partial charge in [-0.05, 0) is 62.1 Å². The average molecular weight is 544 g/mol. The minimum Gasteiger partial charge on any atom is -0.485 e. The van der Waals surface area contributed by atoms with Gasteiger partial charge in [0.05, 0.1) is 22.5 Å². The zero-order chi connectivity index (χ0) is 25.1. The molecular formula is C23H23BrFN7O3. The van der Waals surface area contributed by atoms with Crippen LogP contribution in [0.4, 0.5) is 10.2 Å². The maximum atomic E-state index is 14.2. The minimum absolute atomic E-state index is 0.0328. The van der Waals surface area contributed by atoms with Gasteiger partial charge in [-0.3, -0.25) is 4.68 Å². The van der Waals surface area contributed by atoms with Crippen LogP contribution in [0.2, 0.25) is 0 Å². The molecule has 0 aliphatic rings. The van der Waals surface area contributed by atoms with Crippen molar-refractivity contribution in [1.82, 2.24) is 29.8 Å². The van der Waals surface area contributed by atoms with E-state index in [0.29, 0.717) is 28.6 Å². The third kappa shape index (κ3) is 5.53. The third-order valence-electron chi connectivity index (χ3n) is 5.45. The van der Waals surface area contributed by atoms with Crippen LogP contribution in [0.5, 0.6) is 5.75 Å². The highest BCUT2D eigenvalue weighted by Crippen LogP contribution is 2.30. The Kier molecular flexibility index (Phi) is 7.20. The second-order valence-corrected chi connectivity index (χ2v) is 8.81. The van der Waals surface area contributed by atoms with Gasteiger partial charge in [-0.25, -0.2) is 4.39 Å². The first kappa shape index (κ1) is 24.5. The molecule has 0 N–H and O–H groups in total. The van der Waals surface area contributed by atoms with Crippen molar-refractivity contribution >= 4 is 21.7 Å². The SMILES string of the molecule is CCc1cc(Cc2nn(C)nc2-c2ccc(F)cc2CCOc2cc(Br)cnc2[N+](=O)[O-])n(C)n1. The molecule has 4 rings (SSSR count). The van der Waals surface area contributed by atoms with Crippen molar-refractivity contribution in [1.29, 1.82) is 0 Å². The summed E-state index contributed by atoms with van der Waals surface area (Å²) >= 11 is 3.24. The maximum absolute atomic E-state index is 14.2. The Balaban J connectivity index is 1.61. The van der Waals surface area contributed by atoms with E-state index in [1.807, 2.05) is 24.7 Å². The van der Waals surface area contributed by atoms with E-state index in [2.05, 4.69) is 36.2 Å². The first-order valence-corrected chi connectivity index (χ1v) is 11.7. The van der Waals surface area contributed by atoms with E-state index in [1.54, 1.807) is 13.1 Å². The van der Waals surface area contributed by atoms with E-state index in [-0.39, 0.29) is 18.2 Å². The number of hydrogen-bond donors (Lipinski definition) is 0. The molecular weight excluding hydrogens is 521 g/mol. The molecule has 0 radical (unpaired) electrons. The van der Waals surface area contributed by atoms with Crippen LogP contribution in [0.1, 0.15) is 29.6 Å². The van der Waals surface area contributed by atoms with Gasteiger partial charge in [0.15, 0.2) is 6.20 Å². The first-order valence-electron chi connectivity index (χ1n) is 10.9. The number of ether oxygens (including phenoxy) is 1. The number of nitro groups is 1. The van der Waals surface area contributed by atoms with Crippen LogP contribution < -0.4 is 4.74 Å². The molecule has 0 spiro atoms. The Morgan fingerprint density at radius 2 is 1.97 bits per heavy atom. The summed E-state index contributed by atoms with van der Waals surface area (Å²) in [6.45, 7) is 2.12. The normalized spacial score (nSPS) is 11.1. The Hall–Kier alpha value is -3.67. The summed E-state index contributed by atoms with van der Waals surface area (Å²) in [5.74, 6) is -0.750. The lowest BCUT2D eigenvalue weighted by Gasteiger charge is -2.11. The standard InChI is InChI=1S/C23H23BrFN7O3/c1-4-17-11-18(30(2)27-17)12-20-22(29-31(3)28-20)19-6-5-16(25)9-14(19)7-8-35-21-10-15(24)13-26-23(21)32(33)34/h5-6,9-11,13H,4,7-8,12H2,1-3H3. The number of aryl methyl sites for hydroxylation is 3. The number of hydrogen-bond acceptors (Lipinski definition) is 7. The summed E-state index contributed by atoms with van der Waals surface area (Å²) in [6.07, 6.45) is 2.96. The van der Waals surface area contributed by atoms with Crippen LogP contribution in [0.25, 0.3) is 11.3 Å². The minimum atomic E-state index is -0.608. The van der Waals surface area contributed by atoms with Crippen LogP contribution in [0.15, 0.2) is 41.0 Å². The number of rotatable bonds is 9. The van der Waals surface area contributed by atoms with E-state index in [0.717, 1.165) is 29.1 Å². The van der Waals surface area contributed by atoms with Crippen LogP contribution in [0.3, 0.4) is 0 Å². The molecule has 0 aliphatic carbocycles. The average Bonchev–Trinajstić information content (AvgIpc) is 3.35. The van der Waals surface area contributed by atoms with E-state index >= 15 is 0 Å². The summed E-state index contributed by atoms with van der Waals surface area (Å²) in [4.78, 5) is 15.9. The summed E-state index contributed by atoms with van der Waals surface area (Å²) in [6, 6.07) is 7.99. The first-order chi connectivity index (χ1) is 16.7. The molecule has 3 heterocycles. The zero-order valence-electron chi connectivity index (χ0n) is 19.4. The number of benzene rings is 1. The highest BCUT2D eigenvalue weighted by Gasteiger charge is 2.20. The molecule has 35 heavy (non-hydrogen) atoms. The van der Waals surface area contributed by atoms with E-state index < -0.39 is 10.7 Å². The molecule has 0 atom stereocenters.